The summed E-state index contributed by atoms with van der Waals surface area (Å²) in [6.07, 6.45) is 0. The van der Waals surface area contributed by atoms with Gasteiger partial charge in [0.15, 0.2) is 0 Å². The normalized spacial score (nSPS) is 10.8. The fraction of sp³-hybridized carbons (Fsp3) is 0. The van der Waals surface area contributed by atoms with E-state index in [1.54, 1.807) is 24.3 Å². The van der Waals surface area contributed by atoms with E-state index in [-0.39, 0.29) is 81.7 Å². The fourth-order valence-electron chi connectivity index (χ4n) is 1.31. The van der Waals surface area contributed by atoms with Crippen molar-refractivity contribution in [2.45, 2.75) is 0 Å². The molecule has 0 fully saturated rings. The zero-order valence-corrected chi connectivity index (χ0v) is 20.3. The minimum Gasteiger partial charge on any atom is -0.763 e. The Morgan fingerprint density at radius 3 is 1.07 bits per heavy atom. The van der Waals surface area contributed by atoms with Gasteiger partial charge >= 0.3 is 71.1 Å². The van der Waals surface area contributed by atoms with E-state index in [4.69, 9.17) is 37.9 Å². The van der Waals surface area contributed by atoms with Gasteiger partial charge in [-0.3, -0.25) is 8.42 Å². The van der Waals surface area contributed by atoms with Gasteiger partial charge in [0.2, 0.25) is 0 Å². The number of hydrogen-bond acceptors (Lipinski definition) is 8. The monoisotopic (exact) mass is 450 g/mol. The minimum atomic E-state index is -2.95. The Kier molecular flexibility index (Phi) is 19.5. The average Bonchev–Trinajstić information content (AvgIpc) is 2.56. The quantitative estimate of drug-likeness (QED) is 0.199. The molecule has 2 aromatic carbocycles. The SMILES string of the molecule is O=C(O)c1ccccc1O.O=C(O)c1ccccc1O.O=S([O-])S(=O)[O-].[Na+].[Na+]. The maximum atomic E-state index is 10.3. The Morgan fingerprint density at radius 1 is 0.679 bits per heavy atom. The molecule has 0 spiro atoms. The molecule has 142 valence electrons. The molecule has 0 bridgehead atoms. The number of hydrogen-bond donors (Lipinski definition) is 4. The first-order valence-electron chi connectivity index (χ1n) is 6.29. The van der Waals surface area contributed by atoms with E-state index in [0.29, 0.717) is 0 Å². The zero-order valence-electron chi connectivity index (χ0n) is 14.7. The molecule has 0 aliphatic rings. The topological polar surface area (TPSA) is 195 Å². The third-order valence-corrected chi connectivity index (χ3v) is 3.27. The van der Waals surface area contributed by atoms with Crippen molar-refractivity contribution in [2.24, 2.45) is 0 Å². The van der Waals surface area contributed by atoms with Crippen LogP contribution in [0, 0.1) is 0 Å². The van der Waals surface area contributed by atoms with Crippen LogP contribution in [-0.2, 0) is 20.2 Å². The Morgan fingerprint density at radius 2 is 0.929 bits per heavy atom. The van der Waals surface area contributed by atoms with Gasteiger partial charge in [0, 0.05) is 20.2 Å². The van der Waals surface area contributed by atoms with Crippen LogP contribution in [0.25, 0.3) is 0 Å². The number of carboxylic acid groups (broad SMARTS) is 2. The molecule has 2 unspecified atom stereocenters. The number of aromatic hydroxyl groups is 2. The van der Waals surface area contributed by atoms with Crippen LogP contribution in [0.3, 0.4) is 0 Å². The summed E-state index contributed by atoms with van der Waals surface area (Å²) in [5.41, 5.74) is -0.134. The molecule has 10 nitrogen and oxygen atoms in total. The van der Waals surface area contributed by atoms with E-state index in [1.165, 1.54) is 24.3 Å². The van der Waals surface area contributed by atoms with Crippen molar-refractivity contribution in [1.82, 2.24) is 0 Å². The summed E-state index contributed by atoms with van der Waals surface area (Å²) < 4.78 is 36.3. The third-order valence-electron chi connectivity index (χ3n) is 2.38. The number of carboxylic acids is 2. The van der Waals surface area contributed by atoms with Crippen molar-refractivity contribution < 1.29 is 107 Å². The van der Waals surface area contributed by atoms with Crippen LogP contribution >= 0.6 is 0 Å². The average molecular weight is 450 g/mol. The molecule has 14 heteroatoms. The molecule has 2 atom stereocenters. The van der Waals surface area contributed by atoms with E-state index in [0.717, 1.165) is 0 Å². The molecule has 0 aliphatic heterocycles. The fourth-order valence-corrected chi connectivity index (χ4v) is 1.31. The summed E-state index contributed by atoms with van der Waals surface area (Å²) in [5.74, 6) is -2.62. The molecule has 0 aliphatic carbocycles. The number of benzene rings is 2. The van der Waals surface area contributed by atoms with Crippen LogP contribution in [-0.4, -0.2) is 49.9 Å². The van der Waals surface area contributed by atoms with Crippen molar-refractivity contribution in [1.29, 1.82) is 0 Å². The molecule has 2 rings (SSSR count). The van der Waals surface area contributed by atoms with Crippen molar-refractivity contribution in [3.8, 4) is 11.5 Å². The van der Waals surface area contributed by atoms with E-state index in [1.807, 2.05) is 0 Å². The molecule has 28 heavy (non-hydrogen) atoms. The summed E-state index contributed by atoms with van der Waals surface area (Å²) in [7, 11) is -5.90. The first-order chi connectivity index (χ1) is 12.1. The summed E-state index contributed by atoms with van der Waals surface area (Å²) in [4.78, 5) is 20.5. The summed E-state index contributed by atoms with van der Waals surface area (Å²) in [5, 5.41) is 34.6. The van der Waals surface area contributed by atoms with E-state index < -0.39 is 32.2 Å². The molecule has 0 amide bonds. The van der Waals surface area contributed by atoms with Gasteiger partial charge in [-0.15, -0.1) is 0 Å². The van der Waals surface area contributed by atoms with Gasteiger partial charge in [-0.1, -0.05) is 24.3 Å². The third kappa shape index (κ3) is 13.4. The smallest absolute Gasteiger partial charge is 0.763 e. The van der Waals surface area contributed by atoms with Crippen LogP contribution < -0.4 is 59.1 Å². The number of aromatic carboxylic acids is 2. The first kappa shape index (κ1) is 31.9. The predicted molar refractivity (Wildman–Crippen MR) is 88.0 cm³/mol. The van der Waals surface area contributed by atoms with Crippen molar-refractivity contribution in [3.05, 3.63) is 59.7 Å². The van der Waals surface area contributed by atoms with Crippen LogP contribution in [0.15, 0.2) is 48.5 Å². The second-order valence-corrected chi connectivity index (χ2v) is 6.50. The molecular formula is C14H12Na2O10S2. The summed E-state index contributed by atoms with van der Waals surface area (Å²) in [6.45, 7) is 0. The zero-order chi connectivity index (χ0) is 20.3. The Hall–Kier alpha value is -0.800. The van der Waals surface area contributed by atoms with Crippen molar-refractivity contribution in [2.75, 3.05) is 0 Å². The standard InChI is InChI=1S/2C7H6O3.2Na.H2O4S2/c2*8-6-4-2-1-3-5(6)7(9)10;;;1-5(2)6(3)4/h2*1-4,8H,(H,9,10);;;(H,1,2)(H,3,4)/q;;2*+1;/p-2. The summed E-state index contributed by atoms with van der Waals surface area (Å²) >= 11 is 0. The Balaban J connectivity index is -0.000000335. The molecule has 0 radical (unpaired) electrons. The number of para-hydroxylation sites is 2. The summed E-state index contributed by atoms with van der Waals surface area (Å²) in [6, 6.07) is 11.6. The number of phenols is 2. The molecule has 2 aromatic rings. The number of rotatable bonds is 3. The van der Waals surface area contributed by atoms with Gasteiger partial charge in [0.25, 0.3) is 0 Å². The van der Waals surface area contributed by atoms with Gasteiger partial charge in [0.1, 0.15) is 22.6 Å². The first-order valence-corrected chi connectivity index (χ1v) is 8.96. The second kappa shape index (κ2) is 17.1. The van der Waals surface area contributed by atoms with Gasteiger partial charge < -0.3 is 29.5 Å². The maximum Gasteiger partial charge on any atom is 1.00 e. The van der Waals surface area contributed by atoms with Crippen molar-refractivity contribution >= 4 is 32.2 Å². The van der Waals surface area contributed by atoms with Crippen LogP contribution in [0.5, 0.6) is 11.5 Å². The van der Waals surface area contributed by atoms with Crippen LogP contribution in [0.4, 0.5) is 0 Å². The largest absolute Gasteiger partial charge is 1.00 e. The maximum absolute atomic E-state index is 10.3. The molecule has 0 saturated carbocycles. The molecule has 4 N–H and O–H groups in total. The van der Waals surface area contributed by atoms with Crippen molar-refractivity contribution in [3.63, 3.8) is 0 Å². The van der Waals surface area contributed by atoms with E-state index in [9.17, 15) is 9.59 Å². The van der Waals surface area contributed by atoms with Gasteiger partial charge in [-0.25, -0.2) is 9.59 Å². The van der Waals surface area contributed by atoms with Crippen LogP contribution in [0.1, 0.15) is 20.7 Å². The molecular weight excluding hydrogens is 438 g/mol. The molecule has 0 saturated heterocycles. The molecule has 0 heterocycles. The van der Waals surface area contributed by atoms with E-state index >= 15 is 0 Å². The van der Waals surface area contributed by atoms with Crippen LogP contribution in [0.2, 0.25) is 0 Å². The van der Waals surface area contributed by atoms with Gasteiger partial charge in [0.05, 0.1) is 0 Å². The van der Waals surface area contributed by atoms with Gasteiger partial charge in [-0.2, -0.15) is 0 Å². The van der Waals surface area contributed by atoms with E-state index in [2.05, 4.69) is 0 Å². The van der Waals surface area contributed by atoms with Gasteiger partial charge in [-0.05, 0) is 24.3 Å². The minimum absolute atomic E-state index is 0. The second-order valence-electron chi connectivity index (χ2n) is 4.05. The number of carbonyl (C=O) groups is 2. The molecule has 0 aromatic heterocycles. The predicted octanol–water partition coefficient (Wildman–Crippen LogP) is -5.15. The Bertz CT molecular complexity index is 749. The Labute approximate surface area is 208 Å².